The zero-order valence-electron chi connectivity index (χ0n) is 14.8. The Bertz CT molecular complexity index is 599. The smallest absolute Gasteiger partial charge is 0.240 e. The summed E-state index contributed by atoms with van der Waals surface area (Å²) in [7, 11) is 1.61. The molecule has 1 aromatic carbocycles. The van der Waals surface area contributed by atoms with Gasteiger partial charge in [0.2, 0.25) is 11.8 Å². The third-order valence-corrected chi connectivity index (χ3v) is 5.39. The van der Waals surface area contributed by atoms with Gasteiger partial charge in [0, 0.05) is 32.5 Å². The largest absolute Gasteiger partial charge is 0.380 e. The van der Waals surface area contributed by atoms with Crippen molar-refractivity contribution in [2.24, 2.45) is 11.7 Å². The van der Waals surface area contributed by atoms with Crippen LogP contribution in [-0.4, -0.2) is 60.5 Å². The Kier molecular flexibility index (Phi) is 5.71. The number of primary amides is 1. The molecule has 136 valence electrons. The number of carbonyl (C=O) groups is 2. The molecule has 0 saturated carbocycles. The average Bonchev–Trinajstić information content (AvgIpc) is 3.07. The van der Waals surface area contributed by atoms with E-state index in [0.29, 0.717) is 13.0 Å². The minimum Gasteiger partial charge on any atom is -0.380 e. The summed E-state index contributed by atoms with van der Waals surface area (Å²) in [4.78, 5) is 28.6. The number of hydrogen-bond donors (Lipinski definition) is 1. The molecule has 0 spiro atoms. The van der Waals surface area contributed by atoms with Crippen molar-refractivity contribution in [1.82, 2.24) is 9.80 Å². The van der Waals surface area contributed by atoms with Gasteiger partial charge in [-0.2, -0.15) is 0 Å². The first-order chi connectivity index (χ1) is 12.1. The third kappa shape index (κ3) is 4.19. The van der Waals surface area contributed by atoms with E-state index in [-0.39, 0.29) is 17.9 Å². The van der Waals surface area contributed by atoms with Crippen LogP contribution in [0, 0.1) is 5.92 Å². The van der Waals surface area contributed by atoms with E-state index < -0.39 is 11.9 Å². The predicted octanol–water partition coefficient (Wildman–Crippen LogP) is 1.000. The maximum Gasteiger partial charge on any atom is 0.240 e. The van der Waals surface area contributed by atoms with Gasteiger partial charge in [0.25, 0.3) is 0 Å². The van der Waals surface area contributed by atoms with E-state index in [1.54, 1.807) is 12.0 Å². The van der Waals surface area contributed by atoms with E-state index >= 15 is 0 Å². The van der Waals surface area contributed by atoms with Gasteiger partial charge in [0.05, 0.1) is 6.10 Å². The minimum absolute atomic E-state index is 0.0236. The minimum atomic E-state index is -0.528. The fraction of sp³-hybridized carbons (Fsp3) is 0.579. The zero-order chi connectivity index (χ0) is 17.8. The highest BCUT2D eigenvalue weighted by Crippen LogP contribution is 2.27. The first-order valence-electron chi connectivity index (χ1n) is 8.97. The fourth-order valence-corrected chi connectivity index (χ4v) is 3.90. The molecule has 2 aliphatic heterocycles. The number of methoxy groups -OCH3 is 1. The maximum atomic E-state index is 12.9. The fourth-order valence-electron chi connectivity index (χ4n) is 3.90. The van der Waals surface area contributed by atoms with Crippen molar-refractivity contribution in [2.45, 2.75) is 38.0 Å². The average molecular weight is 345 g/mol. The van der Waals surface area contributed by atoms with Gasteiger partial charge in [-0.05, 0) is 31.5 Å². The second-order valence-electron chi connectivity index (χ2n) is 7.04. The monoisotopic (exact) mass is 345 g/mol. The highest BCUT2D eigenvalue weighted by atomic mass is 16.5. The number of hydrogen-bond acceptors (Lipinski definition) is 4. The number of nitrogens with two attached hydrogens (primary N) is 1. The lowest BCUT2D eigenvalue weighted by Gasteiger charge is -2.34. The second kappa shape index (κ2) is 7.97. The van der Waals surface area contributed by atoms with Crippen LogP contribution in [0.2, 0.25) is 0 Å². The summed E-state index contributed by atoms with van der Waals surface area (Å²) in [6.45, 7) is 3.18. The molecule has 0 radical (unpaired) electrons. The third-order valence-electron chi connectivity index (χ3n) is 5.39. The summed E-state index contributed by atoms with van der Waals surface area (Å²) in [6, 6.07) is 9.85. The van der Waals surface area contributed by atoms with Crippen molar-refractivity contribution in [2.75, 3.05) is 26.7 Å². The Labute approximate surface area is 148 Å². The van der Waals surface area contributed by atoms with Gasteiger partial charge >= 0.3 is 0 Å². The Morgan fingerprint density at radius 2 is 1.88 bits per heavy atom. The highest BCUT2D eigenvalue weighted by Gasteiger charge is 2.41. The van der Waals surface area contributed by atoms with Crippen molar-refractivity contribution < 1.29 is 14.3 Å². The summed E-state index contributed by atoms with van der Waals surface area (Å²) in [5.41, 5.74) is 6.78. The highest BCUT2D eigenvalue weighted by molar-refractivity contribution is 5.88. The number of piperidine rings is 1. The lowest BCUT2D eigenvalue weighted by Crippen LogP contribution is -2.48. The van der Waals surface area contributed by atoms with Crippen molar-refractivity contribution in [3.63, 3.8) is 0 Å². The van der Waals surface area contributed by atoms with Crippen LogP contribution in [0.5, 0.6) is 0 Å². The van der Waals surface area contributed by atoms with Gasteiger partial charge in [-0.25, -0.2) is 0 Å². The summed E-state index contributed by atoms with van der Waals surface area (Å²) >= 11 is 0. The summed E-state index contributed by atoms with van der Waals surface area (Å²) in [6.07, 6.45) is 2.06. The quantitative estimate of drug-likeness (QED) is 0.864. The van der Waals surface area contributed by atoms with E-state index in [1.807, 2.05) is 6.07 Å². The first-order valence-corrected chi connectivity index (χ1v) is 8.97. The van der Waals surface area contributed by atoms with Crippen molar-refractivity contribution >= 4 is 11.8 Å². The molecule has 2 aliphatic rings. The molecule has 0 aliphatic carbocycles. The molecule has 6 nitrogen and oxygen atoms in total. The normalized spacial score (nSPS) is 25.2. The van der Waals surface area contributed by atoms with Gasteiger partial charge in [0.1, 0.15) is 6.04 Å². The van der Waals surface area contributed by atoms with Crippen LogP contribution in [0.4, 0.5) is 0 Å². The van der Waals surface area contributed by atoms with E-state index in [4.69, 9.17) is 10.5 Å². The van der Waals surface area contributed by atoms with Gasteiger partial charge < -0.3 is 15.4 Å². The lowest BCUT2D eigenvalue weighted by molar-refractivity contribution is -0.142. The molecule has 25 heavy (non-hydrogen) atoms. The molecule has 2 amide bonds. The topological polar surface area (TPSA) is 75.9 Å². The number of nitrogens with zero attached hydrogens (tertiary/aromatic N) is 2. The standard InChI is InChI=1S/C19H27N3O3/c1-25-16-11-17(18(20)23)22(13-16)19(24)15-7-9-21(10-8-15)12-14-5-3-2-4-6-14/h2-6,15-17H,7-13H2,1H3,(H2,20,23)/t16-,17-/m0/s1. The van der Waals surface area contributed by atoms with Gasteiger partial charge in [-0.15, -0.1) is 0 Å². The van der Waals surface area contributed by atoms with Gasteiger partial charge in [0.15, 0.2) is 0 Å². The molecular formula is C19H27N3O3. The number of rotatable bonds is 5. The summed E-state index contributed by atoms with van der Waals surface area (Å²) in [5.74, 6) is -0.401. The van der Waals surface area contributed by atoms with Crippen LogP contribution in [0.3, 0.4) is 0 Å². The van der Waals surface area contributed by atoms with Crippen molar-refractivity contribution in [1.29, 1.82) is 0 Å². The summed E-state index contributed by atoms with van der Waals surface area (Å²) in [5, 5.41) is 0. The molecule has 6 heteroatoms. The molecule has 2 atom stereocenters. The molecule has 2 fully saturated rings. The number of likely N-dealkylation sites (tertiary alicyclic amines) is 2. The zero-order valence-corrected chi connectivity index (χ0v) is 14.8. The second-order valence-corrected chi connectivity index (χ2v) is 7.04. The Balaban J connectivity index is 1.55. The molecule has 2 heterocycles. The van der Waals surface area contributed by atoms with Crippen molar-refractivity contribution in [3.05, 3.63) is 35.9 Å². The van der Waals surface area contributed by atoms with Crippen LogP contribution in [0.1, 0.15) is 24.8 Å². The molecule has 3 rings (SSSR count). The Hall–Kier alpha value is -1.92. The van der Waals surface area contributed by atoms with Gasteiger partial charge in [-0.1, -0.05) is 30.3 Å². The molecular weight excluding hydrogens is 318 g/mol. The molecule has 2 saturated heterocycles. The number of benzene rings is 1. The van der Waals surface area contributed by atoms with Crippen molar-refractivity contribution in [3.8, 4) is 0 Å². The lowest BCUT2D eigenvalue weighted by atomic mass is 9.94. The van der Waals surface area contributed by atoms with Crippen LogP contribution in [-0.2, 0) is 20.9 Å². The molecule has 1 aromatic rings. The number of ether oxygens (including phenoxy) is 1. The molecule has 0 unspecified atom stereocenters. The molecule has 0 bridgehead atoms. The van der Waals surface area contributed by atoms with Crippen LogP contribution in [0.15, 0.2) is 30.3 Å². The van der Waals surface area contributed by atoms with E-state index in [0.717, 1.165) is 32.5 Å². The molecule has 0 aromatic heterocycles. The van der Waals surface area contributed by atoms with E-state index in [9.17, 15) is 9.59 Å². The Morgan fingerprint density at radius 3 is 2.48 bits per heavy atom. The first kappa shape index (κ1) is 17.9. The van der Waals surface area contributed by atoms with Gasteiger partial charge in [-0.3, -0.25) is 14.5 Å². The van der Waals surface area contributed by atoms with Crippen LogP contribution in [0.25, 0.3) is 0 Å². The van der Waals surface area contributed by atoms with Crippen LogP contribution < -0.4 is 5.73 Å². The number of carbonyl (C=O) groups excluding carboxylic acids is 2. The maximum absolute atomic E-state index is 12.9. The van der Waals surface area contributed by atoms with Crippen LogP contribution >= 0.6 is 0 Å². The number of amides is 2. The Morgan fingerprint density at radius 1 is 1.20 bits per heavy atom. The SMILES string of the molecule is CO[C@H]1C[C@@H](C(N)=O)N(C(=O)C2CCN(Cc3ccccc3)CC2)C1. The summed E-state index contributed by atoms with van der Waals surface area (Å²) < 4.78 is 5.33. The molecule has 2 N–H and O–H groups in total. The van der Waals surface area contributed by atoms with E-state index in [1.165, 1.54) is 5.56 Å². The van der Waals surface area contributed by atoms with E-state index in [2.05, 4.69) is 29.2 Å². The predicted molar refractivity (Wildman–Crippen MR) is 94.6 cm³/mol.